The molecule has 1 aromatic heterocycles. The van der Waals surface area contributed by atoms with Crippen molar-refractivity contribution in [3.63, 3.8) is 0 Å². The molecule has 1 aliphatic rings. The van der Waals surface area contributed by atoms with Crippen molar-refractivity contribution in [3.8, 4) is 11.1 Å². The van der Waals surface area contributed by atoms with Crippen molar-refractivity contribution in [2.75, 3.05) is 13.1 Å². The van der Waals surface area contributed by atoms with Gasteiger partial charge in [-0.15, -0.1) is 0 Å². The van der Waals surface area contributed by atoms with E-state index in [0.29, 0.717) is 37.1 Å². The van der Waals surface area contributed by atoms with Gasteiger partial charge in [0, 0.05) is 37.3 Å². The van der Waals surface area contributed by atoms with Crippen molar-refractivity contribution in [2.24, 2.45) is 15.7 Å². The highest BCUT2D eigenvalue weighted by Gasteiger charge is 2.34. The zero-order valence-corrected chi connectivity index (χ0v) is 19.3. The molecule has 10 heteroatoms. The van der Waals surface area contributed by atoms with E-state index in [2.05, 4.69) is 21.7 Å². The number of piperidine rings is 1. The normalized spacial score (nSPS) is 16.0. The lowest BCUT2D eigenvalue weighted by Crippen LogP contribution is -2.41. The number of pyridine rings is 1. The van der Waals surface area contributed by atoms with Gasteiger partial charge in [0.25, 0.3) is 0 Å². The first-order chi connectivity index (χ1) is 15.6. The standard InChI is InChI=1S/C23H26FN5O3S/c1-15(25)28-14-22(26-3)20-7-6-17(13-21(20)24)19-5-4-10-27-23(19)33(31,32)18-8-11-29(12-9-18)16(2)30/h4-7,10,13-14,18H,3,8-9,11-12H2,1-2H3,(H2,25,28)/b22-14-. The number of aliphatic imine (C=N–C) groups is 2. The Kier molecular flexibility index (Phi) is 7.37. The Labute approximate surface area is 192 Å². The van der Waals surface area contributed by atoms with Gasteiger partial charge >= 0.3 is 0 Å². The topological polar surface area (TPSA) is 118 Å². The minimum absolute atomic E-state index is 0.0744. The van der Waals surface area contributed by atoms with Crippen LogP contribution in [0.25, 0.3) is 16.8 Å². The Morgan fingerprint density at radius 3 is 2.55 bits per heavy atom. The lowest BCUT2D eigenvalue weighted by Gasteiger charge is -2.31. The van der Waals surface area contributed by atoms with Gasteiger partial charge in [0.15, 0.2) is 14.9 Å². The lowest BCUT2D eigenvalue weighted by atomic mass is 10.0. The number of benzene rings is 1. The Bertz CT molecular complexity index is 1230. The first kappa shape index (κ1) is 24.2. The van der Waals surface area contributed by atoms with Crippen LogP contribution in [0.3, 0.4) is 0 Å². The van der Waals surface area contributed by atoms with Crippen LogP contribution in [0.2, 0.25) is 0 Å². The highest BCUT2D eigenvalue weighted by atomic mass is 32.2. The van der Waals surface area contributed by atoms with Crippen molar-refractivity contribution in [1.82, 2.24) is 9.88 Å². The fourth-order valence-electron chi connectivity index (χ4n) is 3.72. The zero-order chi connectivity index (χ0) is 24.2. The monoisotopic (exact) mass is 471 g/mol. The zero-order valence-electron chi connectivity index (χ0n) is 18.5. The minimum atomic E-state index is -3.80. The number of halogens is 1. The van der Waals surface area contributed by atoms with Crippen molar-refractivity contribution in [1.29, 1.82) is 0 Å². The number of hydrogen-bond donors (Lipinski definition) is 1. The number of sulfone groups is 1. The Balaban J connectivity index is 1.97. The number of nitrogens with zero attached hydrogens (tertiary/aromatic N) is 4. The van der Waals surface area contributed by atoms with Gasteiger partial charge in [-0.1, -0.05) is 6.07 Å². The molecule has 1 aromatic carbocycles. The predicted octanol–water partition coefficient (Wildman–Crippen LogP) is 3.05. The van der Waals surface area contributed by atoms with Gasteiger partial charge < -0.3 is 10.6 Å². The smallest absolute Gasteiger partial charge is 0.219 e. The van der Waals surface area contributed by atoms with E-state index in [9.17, 15) is 17.6 Å². The summed E-state index contributed by atoms with van der Waals surface area (Å²) in [5.41, 5.74) is 6.55. The summed E-state index contributed by atoms with van der Waals surface area (Å²) < 4.78 is 41.8. The highest BCUT2D eigenvalue weighted by Crippen LogP contribution is 2.33. The number of aromatic nitrogens is 1. The number of carbonyl (C=O) groups excluding carboxylic acids is 1. The molecule has 0 bridgehead atoms. The van der Waals surface area contributed by atoms with Crippen LogP contribution >= 0.6 is 0 Å². The van der Waals surface area contributed by atoms with E-state index in [4.69, 9.17) is 5.73 Å². The number of rotatable bonds is 6. The maximum absolute atomic E-state index is 15.0. The summed E-state index contributed by atoms with van der Waals surface area (Å²) >= 11 is 0. The molecule has 3 rings (SSSR count). The second kappa shape index (κ2) is 10.0. The third-order valence-electron chi connectivity index (χ3n) is 5.48. The molecule has 1 amide bonds. The number of amides is 1. The average molecular weight is 472 g/mol. The summed E-state index contributed by atoms with van der Waals surface area (Å²) in [4.78, 5) is 25.1. The van der Waals surface area contributed by atoms with Crippen molar-refractivity contribution in [3.05, 3.63) is 54.1 Å². The van der Waals surface area contributed by atoms with E-state index >= 15 is 0 Å². The average Bonchev–Trinajstić information content (AvgIpc) is 2.80. The number of likely N-dealkylation sites (tertiary alicyclic amines) is 1. The Morgan fingerprint density at radius 2 is 1.97 bits per heavy atom. The molecule has 0 saturated carbocycles. The molecule has 0 aliphatic carbocycles. The maximum Gasteiger partial charge on any atom is 0.219 e. The van der Waals surface area contributed by atoms with E-state index in [-0.39, 0.29) is 28.0 Å². The molecule has 1 fully saturated rings. The lowest BCUT2D eigenvalue weighted by molar-refractivity contribution is -0.129. The first-order valence-electron chi connectivity index (χ1n) is 10.4. The van der Waals surface area contributed by atoms with Gasteiger partial charge in [0.1, 0.15) is 5.82 Å². The summed E-state index contributed by atoms with van der Waals surface area (Å²) in [5, 5.41) is -0.762. The van der Waals surface area contributed by atoms with Crippen LogP contribution in [0.15, 0.2) is 57.7 Å². The molecule has 33 heavy (non-hydrogen) atoms. The van der Waals surface area contributed by atoms with Gasteiger partial charge in [0.05, 0.1) is 23.0 Å². The maximum atomic E-state index is 15.0. The van der Waals surface area contributed by atoms with Crippen LogP contribution in [0.1, 0.15) is 32.3 Å². The summed E-state index contributed by atoms with van der Waals surface area (Å²) in [6, 6.07) is 7.53. The molecule has 0 unspecified atom stereocenters. The molecular weight excluding hydrogens is 445 g/mol. The fourth-order valence-corrected chi connectivity index (χ4v) is 5.57. The molecule has 2 heterocycles. The molecule has 1 aliphatic heterocycles. The van der Waals surface area contributed by atoms with Crippen LogP contribution < -0.4 is 5.73 Å². The molecule has 8 nitrogen and oxygen atoms in total. The van der Waals surface area contributed by atoms with Crippen LogP contribution in [0, 0.1) is 5.82 Å². The summed E-state index contributed by atoms with van der Waals surface area (Å²) in [6.45, 7) is 7.25. The van der Waals surface area contributed by atoms with Crippen molar-refractivity contribution in [2.45, 2.75) is 37.0 Å². The van der Waals surface area contributed by atoms with Crippen molar-refractivity contribution >= 4 is 34.0 Å². The van der Waals surface area contributed by atoms with Crippen LogP contribution in [0.4, 0.5) is 4.39 Å². The molecule has 0 atom stereocenters. The Hall–Kier alpha value is -3.40. The predicted molar refractivity (Wildman–Crippen MR) is 127 cm³/mol. The third kappa shape index (κ3) is 5.33. The molecule has 0 radical (unpaired) electrons. The van der Waals surface area contributed by atoms with Gasteiger partial charge in [0.2, 0.25) is 5.91 Å². The van der Waals surface area contributed by atoms with E-state index < -0.39 is 20.9 Å². The molecule has 2 aromatic rings. The molecule has 1 saturated heterocycles. The summed E-state index contributed by atoms with van der Waals surface area (Å²) in [5.74, 6) is -0.403. The second-order valence-corrected chi connectivity index (χ2v) is 9.89. The van der Waals surface area contributed by atoms with Gasteiger partial charge in [-0.2, -0.15) is 0 Å². The van der Waals surface area contributed by atoms with E-state index in [1.165, 1.54) is 31.5 Å². The largest absolute Gasteiger partial charge is 0.387 e. The van der Waals surface area contributed by atoms with E-state index in [1.807, 2.05) is 0 Å². The number of amidine groups is 1. The molecule has 174 valence electrons. The van der Waals surface area contributed by atoms with Crippen LogP contribution in [-0.2, 0) is 14.6 Å². The van der Waals surface area contributed by atoms with Gasteiger partial charge in [-0.05, 0) is 56.3 Å². The molecule has 2 N–H and O–H groups in total. The number of carbonyl (C=O) groups is 1. The van der Waals surface area contributed by atoms with Gasteiger partial charge in [-0.25, -0.2) is 22.8 Å². The minimum Gasteiger partial charge on any atom is -0.387 e. The van der Waals surface area contributed by atoms with E-state index in [1.54, 1.807) is 30.0 Å². The fraction of sp³-hybridized carbons (Fsp3) is 0.304. The van der Waals surface area contributed by atoms with Crippen LogP contribution in [-0.4, -0.2) is 55.1 Å². The number of hydrogen-bond acceptors (Lipinski definition) is 6. The molecular formula is C23H26FN5O3S. The van der Waals surface area contributed by atoms with Gasteiger partial charge in [-0.3, -0.25) is 9.79 Å². The summed E-state index contributed by atoms with van der Waals surface area (Å²) in [6.07, 6.45) is 3.37. The second-order valence-electron chi connectivity index (χ2n) is 7.74. The first-order valence-corrected chi connectivity index (χ1v) is 11.9. The molecule has 0 spiro atoms. The van der Waals surface area contributed by atoms with Crippen LogP contribution in [0.5, 0.6) is 0 Å². The third-order valence-corrected chi connectivity index (χ3v) is 7.70. The summed E-state index contributed by atoms with van der Waals surface area (Å²) in [7, 11) is -3.80. The highest BCUT2D eigenvalue weighted by molar-refractivity contribution is 7.92. The Morgan fingerprint density at radius 1 is 1.27 bits per heavy atom. The number of nitrogens with two attached hydrogens (primary N) is 1. The van der Waals surface area contributed by atoms with Crippen molar-refractivity contribution < 1.29 is 17.6 Å². The quantitative estimate of drug-likeness (QED) is 0.513. The van der Waals surface area contributed by atoms with E-state index in [0.717, 1.165) is 0 Å². The SMILES string of the molecule is C=N/C(=C\N=C(C)N)c1ccc(-c2cccnc2S(=O)(=O)C2CCN(C(C)=O)CC2)cc1F.